The summed E-state index contributed by atoms with van der Waals surface area (Å²) in [5.41, 5.74) is 0. The number of phosphoric acid groups is 1. The van der Waals surface area contributed by atoms with Gasteiger partial charge in [0.2, 0.25) is 0 Å². The van der Waals surface area contributed by atoms with Gasteiger partial charge in [-0.1, -0.05) is 363 Å². The molecule has 0 heterocycles. The highest BCUT2D eigenvalue weighted by Crippen LogP contribution is 2.38. The fourth-order valence-electron chi connectivity index (χ4n) is 11.2. The summed E-state index contributed by atoms with van der Waals surface area (Å²) >= 11 is 0. The summed E-state index contributed by atoms with van der Waals surface area (Å²) in [5.74, 6) is -0.812. The maximum Gasteiger partial charge on any atom is 0.306 e. The van der Waals surface area contributed by atoms with Gasteiger partial charge in [0.05, 0.1) is 27.7 Å². The second kappa shape index (κ2) is 69.8. The average molecular weight is 1270 g/mol. The van der Waals surface area contributed by atoms with Gasteiger partial charge in [0.15, 0.2) is 6.10 Å². The summed E-state index contributed by atoms with van der Waals surface area (Å²) in [7, 11) is 1.18. The lowest BCUT2D eigenvalue weighted by atomic mass is 10.0. The number of quaternary nitrogens is 1. The van der Waals surface area contributed by atoms with Crippen LogP contribution in [-0.4, -0.2) is 70.0 Å². The molecule has 10 heteroatoms. The molecule has 0 aromatic rings. The van der Waals surface area contributed by atoms with E-state index >= 15 is 0 Å². The fourth-order valence-corrected chi connectivity index (χ4v) is 11.9. The SMILES string of the molecule is CC/C=C\C/C=C\C/C=C\C/C=C\C/C=C\C/C=C\CCCCCCCCCCCCCCCCCCCCCCC(=O)OC(COC(=O)CCCCCCCCCCCCCCCCCCCCCCCCCCCC)COP(=O)([O-])OCC[N+](C)(C)C. The van der Waals surface area contributed by atoms with E-state index in [4.69, 9.17) is 18.5 Å². The van der Waals surface area contributed by atoms with Crippen LogP contribution in [0.25, 0.3) is 0 Å². The highest BCUT2D eigenvalue weighted by molar-refractivity contribution is 7.45. The molecule has 0 aliphatic rings. The van der Waals surface area contributed by atoms with Crippen LogP contribution in [0.2, 0.25) is 0 Å². The lowest BCUT2D eigenvalue weighted by Crippen LogP contribution is -2.37. The summed E-state index contributed by atoms with van der Waals surface area (Å²) in [5, 5.41) is 0. The number of hydrogen-bond acceptors (Lipinski definition) is 8. The number of rotatable bonds is 71. The van der Waals surface area contributed by atoms with Crippen LogP contribution in [0.15, 0.2) is 72.9 Å². The number of nitrogens with zero attached hydrogens (tertiary/aromatic N) is 1. The molecule has 0 amide bonds. The first kappa shape index (κ1) is 86.5. The van der Waals surface area contributed by atoms with Gasteiger partial charge in [0.1, 0.15) is 19.8 Å². The molecule has 0 aromatic carbocycles. The summed E-state index contributed by atoms with van der Waals surface area (Å²) in [6.07, 6.45) is 94.4. The van der Waals surface area contributed by atoms with Gasteiger partial charge in [-0.3, -0.25) is 14.2 Å². The normalized spacial score (nSPS) is 13.5. The molecule has 0 aliphatic carbocycles. The zero-order valence-corrected chi connectivity index (χ0v) is 60.3. The number of hydrogen-bond donors (Lipinski definition) is 0. The van der Waals surface area contributed by atoms with Crippen molar-refractivity contribution in [3.05, 3.63) is 72.9 Å². The van der Waals surface area contributed by atoms with Crippen molar-refractivity contribution in [1.82, 2.24) is 0 Å². The second-order valence-electron chi connectivity index (χ2n) is 27.0. The maximum atomic E-state index is 12.9. The molecule has 0 spiro atoms. The van der Waals surface area contributed by atoms with E-state index in [1.165, 1.54) is 263 Å². The van der Waals surface area contributed by atoms with Gasteiger partial charge in [0, 0.05) is 12.8 Å². The largest absolute Gasteiger partial charge is 0.756 e. The standard InChI is InChI=1S/C79H146NO8P/c1-6-8-10-12-14-16-18-20-22-24-26-28-30-32-34-35-36-37-38-39-40-41-42-43-44-45-46-48-50-52-54-56-58-60-62-64-66-68-70-72-79(82)88-77(76-87-89(83,84)86-74-73-80(3,4)5)75-85-78(81)71-69-67-65-63-61-59-57-55-53-51-49-47-33-31-29-27-25-23-21-19-17-15-13-11-9-7-2/h8,10,14,16,20,22,26,28,32,34,36-37,77H,6-7,9,11-13,15,17-19,21,23-25,27,29-31,33,35,38-76H2,1-5H3/b10-8-,16-14-,22-20-,28-26-,34-32-,37-36-. The Morgan fingerprint density at radius 2 is 0.640 bits per heavy atom. The molecule has 2 atom stereocenters. The Bertz CT molecular complexity index is 1730. The highest BCUT2D eigenvalue weighted by Gasteiger charge is 2.22. The molecular formula is C79H146NO8P. The molecule has 0 bridgehead atoms. The third kappa shape index (κ3) is 74.4. The van der Waals surface area contributed by atoms with Crippen LogP contribution in [-0.2, 0) is 32.7 Å². The molecular weight excluding hydrogens is 1120 g/mol. The van der Waals surface area contributed by atoms with Crippen LogP contribution in [0.5, 0.6) is 0 Å². The Hall–Kier alpha value is -2.55. The summed E-state index contributed by atoms with van der Waals surface area (Å²) < 4.78 is 34.4. The van der Waals surface area contributed by atoms with Crippen LogP contribution in [0.4, 0.5) is 0 Å². The van der Waals surface area contributed by atoms with Gasteiger partial charge >= 0.3 is 11.9 Å². The van der Waals surface area contributed by atoms with Crippen molar-refractivity contribution >= 4 is 19.8 Å². The van der Waals surface area contributed by atoms with Gasteiger partial charge < -0.3 is 27.9 Å². The molecule has 2 unspecified atom stereocenters. The lowest BCUT2D eigenvalue weighted by Gasteiger charge is -2.28. The van der Waals surface area contributed by atoms with Crippen molar-refractivity contribution in [3.8, 4) is 0 Å². The topological polar surface area (TPSA) is 111 Å². The molecule has 0 radical (unpaired) electrons. The minimum absolute atomic E-state index is 0.0288. The Balaban J connectivity index is 3.94. The van der Waals surface area contributed by atoms with Gasteiger partial charge in [-0.2, -0.15) is 0 Å². The zero-order chi connectivity index (χ0) is 64.8. The number of likely N-dealkylation sites (N-methyl/N-ethyl adjacent to an activating group) is 1. The van der Waals surface area contributed by atoms with Crippen LogP contribution < -0.4 is 4.89 Å². The van der Waals surface area contributed by atoms with Crippen molar-refractivity contribution in [2.24, 2.45) is 0 Å². The Labute approximate surface area is 552 Å². The third-order valence-corrected chi connectivity index (χ3v) is 18.0. The Kier molecular flexibility index (Phi) is 67.8. The minimum atomic E-state index is -4.64. The number of allylic oxidation sites excluding steroid dienone is 12. The molecule has 0 aliphatic heterocycles. The van der Waals surface area contributed by atoms with Crippen molar-refractivity contribution in [3.63, 3.8) is 0 Å². The smallest absolute Gasteiger partial charge is 0.306 e. The quantitative estimate of drug-likeness (QED) is 0.0195. The van der Waals surface area contributed by atoms with Gasteiger partial charge in [-0.25, -0.2) is 0 Å². The van der Waals surface area contributed by atoms with Crippen molar-refractivity contribution in [2.75, 3.05) is 47.5 Å². The number of unbranched alkanes of at least 4 members (excludes halogenated alkanes) is 45. The Morgan fingerprint density at radius 1 is 0.360 bits per heavy atom. The highest BCUT2D eigenvalue weighted by atomic mass is 31.2. The number of phosphoric ester groups is 1. The van der Waals surface area contributed by atoms with E-state index in [2.05, 4.69) is 86.8 Å². The third-order valence-electron chi connectivity index (χ3n) is 17.0. The molecule has 0 saturated carbocycles. The van der Waals surface area contributed by atoms with Crippen LogP contribution in [0.1, 0.15) is 367 Å². The Morgan fingerprint density at radius 3 is 0.955 bits per heavy atom. The van der Waals surface area contributed by atoms with E-state index in [-0.39, 0.29) is 32.0 Å². The minimum Gasteiger partial charge on any atom is -0.756 e. The van der Waals surface area contributed by atoms with E-state index in [0.29, 0.717) is 17.4 Å². The van der Waals surface area contributed by atoms with Crippen LogP contribution in [0, 0.1) is 0 Å². The monoisotopic (exact) mass is 1270 g/mol. The number of ether oxygens (including phenoxy) is 2. The summed E-state index contributed by atoms with van der Waals surface area (Å²) in [4.78, 5) is 38.1. The molecule has 0 fully saturated rings. The number of carbonyl (C=O) groups excluding carboxylic acids is 2. The van der Waals surface area contributed by atoms with Gasteiger partial charge in [0.25, 0.3) is 7.82 Å². The number of esters is 2. The molecule has 9 nitrogen and oxygen atoms in total. The van der Waals surface area contributed by atoms with Gasteiger partial charge in [-0.15, -0.1) is 0 Å². The predicted octanol–water partition coefficient (Wildman–Crippen LogP) is 24.5. The first-order valence-electron chi connectivity index (χ1n) is 38.1. The summed E-state index contributed by atoms with van der Waals surface area (Å²) in [6, 6.07) is 0. The zero-order valence-electron chi connectivity index (χ0n) is 59.4. The van der Waals surface area contributed by atoms with Crippen LogP contribution in [0.3, 0.4) is 0 Å². The lowest BCUT2D eigenvalue weighted by molar-refractivity contribution is -0.870. The molecule has 0 rings (SSSR count). The van der Waals surface area contributed by atoms with Gasteiger partial charge in [-0.05, 0) is 64.2 Å². The first-order valence-corrected chi connectivity index (χ1v) is 39.6. The van der Waals surface area contributed by atoms with E-state index in [1.54, 1.807) is 0 Å². The fraction of sp³-hybridized carbons (Fsp3) is 0.823. The van der Waals surface area contributed by atoms with E-state index < -0.39 is 26.5 Å². The van der Waals surface area contributed by atoms with E-state index in [1.807, 2.05) is 21.1 Å². The predicted molar refractivity (Wildman–Crippen MR) is 383 cm³/mol. The average Bonchev–Trinajstić information content (AvgIpc) is 3.60. The maximum absolute atomic E-state index is 12.9. The summed E-state index contributed by atoms with van der Waals surface area (Å²) in [6.45, 7) is 4.19. The van der Waals surface area contributed by atoms with Crippen molar-refractivity contribution < 1.29 is 42.1 Å². The van der Waals surface area contributed by atoms with Crippen molar-refractivity contribution in [1.29, 1.82) is 0 Å². The number of carbonyl (C=O) groups is 2. The second-order valence-corrected chi connectivity index (χ2v) is 28.4. The van der Waals surface area contributed by atoms with E-state index in [9.17, 15) is 19.0 Å². The first-order chi connectivity index (χ1) is 43.5. The van der Waals surface area contributed by atoms with Crippen molar-refractivity contribution in [2.45, 2.75) is 373 Å². The molecule has 520 valence electrons. The van der Waals surface area contributed by atoms with Crippen LogP contribution >= 0.6 is 7.82 Å². The molecule has 89 heavy (non-hydrogen) atoms. The van der Waals surface area contributed by atoms with E-state index in [0.717, 1.165) is 70.6 Å². The molecule has 0 N–H and O–H groups in total. The molecule has 0 aromatic heterocycles. The molecule has 0 saturated heterocycles.